The van der Waals surface area contributed by atoms with Crippen molar-refractivity contribution in [1.29, 1.82) is 0 Å². The fourth-order valence-corrected chi connectivity index (χ4v) is 5.55. The maximum Gasteiger partial charge on any atom is 0.243 e. The van der Waals surface area contributed by atoms with E-state index in [-0.39, 0.29) is 30.8 Å². The third-order valence-corrected chi connectivity index (χ3v) is 7.76. The van der Waals surface area contributed by atoms with Gasteiger partial charge in [0, 0.05) is 31.0 Å². The maximum atomic E-state index is 14.8. The molecule has 1 heterocycles. The van der Waals surface area contributed by atoms with Crippen molar-refractivity contribution < 1.29 is 23.5 Å². The van der Waals surface area contributed by atoms with Crippen LogP contribution in [-0.2, 0) is 29.0 Å². The Bertz CT molecular complexity index is 1290. The Morgan fingerprint density at radius 1 is 0.875 bits per heavy atom. The highest BCUT2D eigenvalue weighted by atomic mass is 19.1. The Morgan fingerprint density at radius 2 is 1.60 bits per heavy atom. The lowest BCUT2D eigenvalue weighted by molar-refractivity contribution is -0.141. The number of halogens is 1. The van der Waals surface area contributed by atoms with Crippen LogP contribution in [0.4, 0.5) is 4.39 Å². The Hall–Kier alpha value is -3.87. The van der Waals surface area contributed by atoms with Gasteiger partial charge in [0.15, 0.2) is 11.5 Å². The lowest BCUT2D eigenvalue weighted by Gasteiger charge is -2.33. The summed E-state index contributed by atoms with van der Waals surface area (Å²) in [6.07, 6.45) is 6.22. The van der Waals surface area contributed by atoms with Crippen LogP contribution in [-0.4, -0.2) is 42.0 Å². The van der Waals surface area contributed by atoms with Crippen molar-refractivity contribution in [2.45, 2.75) is 70.0 Å². The van der Waals surface area contributed by atoms with Crippen LogP contribution in [0.2, 0.25) is 0 Å². The molecule has 1 fully saturated rings. The van der Waals surface area contributed by atoms with Gasteiger partial charge in [-0.3, -0.25) is 9.59 Å². The summed E-state index contributed by atoms with van der Waals surface area (Å²) in [4.78, 5) is 29.3. The molecule has 6 nitrogen and oxygen atoms in total. The number of aryl methyl sites for hydroxylation is 1. The highest BCUT2D eigenvalue weighted by Crippen LogP contribution is 2.31. The van der Waals surface area contributed by atoms with E-state index in [1.807, 2.05) is 48.5 Å². The van der Waals surface area contributed by atoms with E-state index in [1.54, 1.807) is 23.1 Å². The molecule has 1 atom stereocenters. The molecule has 210 valence electrons. The van der Waals surface area contributed by atoms with Gasteiger partial charge in [-0.05, 0) is 48.6 Å². The number of nitrogens with one attached hydrogen (secondary N) is 1. The van der Waals surface area contributed by atoms with E-state index in [0.29, 0.717) is 43.1 Å². The molecule has 0 bridgehead atoms. The fourth-order valence-electron chi connectivity index (χ4n) is 5.55. The minimum Gasteiger partial charge on any atom is -0.486 e. The lowest BCUT2D eigenvalue weighted by Crippen LogP contribution is -2.53. The smallest absolute Gasteiger partial charge is 0.243 e. The zero-order chi connectivity index (χ0) is 27.7. The van der Waals surface area contributed by atoms with Crippen LogP contribution >= 0.6 is 0 Å². The predicted octanol–water partition coefficient (Wildman–Crippen LogP) is 5.62. The van der Waals surface area contributed by atoms with E-state index in [0.717, 1.165) is 36.8 Å². The molecule has 0 saturated heterocycles. The summed E-state index contributed by atoms with van der Waals surface area (Å²) in [5, 5.41) is 3.23. The molecule has 1 aliphatic heterocycles. The van der Waals surface area contributed by atoms with Crippen LogP contribution in [0.1, 0.15) is 55.2 Å². The predicted molar refractivity (Wildman–Crippen MR) is 152 cm³/mol. The fraction of sp³-hybridized carbons (Fsp3) is 0.394. The summed E-state index contributed by atoms with van der Waals surface area (Å²) >= 11 is 0. The van der Waals surface area contributed by atoms with E-state index in [2.05, 4.69) is 5.32 Å². The Labute approximate surface area is 235 Å². The first-order valence-electron chi connectivity index (χ1n) is 14.3. The molecule has 0 spiro atoms. The SMILES string of the molecule is O=C(NC1CCCCC1)C(Cc1ccccc1)N(Cc1ccccc1F)C(=O)CCc1ccc2c(c1)OCCO2. The summed E-state index contributed by atoms with van der Waals surface area (Å²) in [6.45, 7) is 1.02. The van der Waals surface area contributed by atoms with Crippen molar-refractivity contribution in [2.24, 2.45) is 0 Å². The molecule has 1 unspecified atom stereocenters. The number of ether oxygens (including phenoxy) is 2. The summed E-state index contributed by atoms with van der Waals surface area (Å²) in [5.74, 6) is 0.606. The van der Waals surface area contributed by atoms with Crippen molar-refractivity contribution >= 4 is 11.8 Å². The molecule has 0 radical (unpaired) electrons. The number of rotatable bonds is 10. The van der Waals surface area contributed by atoms with Crippen LogP contribution in [0.3, 0.4) is 0 Å². The van der Waals surface area contributed by atoms with E-state index in [1.165, 1.54) is 12.5 Å². The lowest BCUT2D eigenvalue weighted by atomic mass is 9.94. The second kappa shape index (κ2) is 13.5. The normalized spacial score (nSPS) is 15.7. The molecule has 2 amide bonds. The summed E-state index contributed by atoms with van der Waals surface area (Å²) in [6, 6.07) is 21.2. The third-order valence-electron chi connectivity index (χ3n) is 7.76. The van der Waals surface area contributed by atoms with Crippen LogP contribution in [0, 0.1) is 5.82 Å². The highest BCUT2D eigenvalue weighted by Gasteiger charge is 2.32. The first kappa shape index (κ1) is 27.7. The van der Waals surface area contributed by atoms with Gasteiger partial charge in [-0.2, -0.15) is 0 Å². The first-order chi connectivity index (χ1) is 19.6. The quantitative estimate of drug-likeness (QED) is 0.360. The largest absolute Gasteiger partial charge is 0.486 e. The van der Waals surface area contributed by atoms with Gasteiger partial charge in [-0.15, -0.1) is 0 Å². The number of hydrogen-bond donors (Lipinski definition) is 1. The third kappa shape index (κ3) is 7.20. The van der Waals surface area contributed by atoms with Crippen LogP contribution < -0.4 is 14.8 Å². The number of hydrogen-bond acceptors (Lipinski definition) is 4. The molecular weight excluding hydrogens is 507 g/mol. The molecule has 2 aliphatic rings. The number of carbonyl (C=O) groups is 2. The van der Waals surface area contributed by atoms with Gasteiger partial charge in [0.05, 0.1) is 0 Å². The minimum absolute atomic E-state index is 0.0161. The molecule has 1 aliphatic carbocycles. The van der Waals surface area contributed by atoms with Crippen LogP contribution in [0.5, 0.6) is 11.5 Å². The number of nitrogens with zero attached hydrogens (tertiary/aromatic N) is 1. The monoisotopic (exact) mass is 544 g/mol. The van der Waals surface area contributed by atoms with Crippen molar-refractivity contribution in [3.63, 3.8) is 0 Å². The zero-order valence-corrected chi connectivity index (χ0v) is 22.8. The molecule has 1 saturated carbocycles. The van der Waals surface area contributed by atoms with Gasteiger partial charge in [0.1, 0.15) is 25.1 Å². The van der Waals surface area contributed by atoms with Crippen molar-refractivity contribution in [1.82, 2.24) is 10.2 Å². The van der Waals surface area contributed by atoms with Gasteiger partial charge < -0.3 is 19.7 Å². The minimum atomic E-state index is -0.767. The molecule has 0 aromatic heterocycles. The Morgan fingerprint density at radius 3 is 2.38 bits per heavy atom. The Balaban J connectivity index is 1.40. The zero-order valence-electron chi connectivity index (χ0n) is 22.8. The number of amides is 2. The average Bonchev–Trinajstić information content (AvgIpc) is 2.99. The second-order valence-corrected chi connectivity index (χ2v) is 10.6. The number of fused-ring (bicyclic) bond motifs is 1. The Kier molecular flexibility index (Phi) is 9.32. The molecule has 5 rings (SSSR count). The number of carbonyl (C=O) groups excluding carboxylic acids is 2. The average molecular weight is 545 g/mol. The van der Waals surface area contributed by atoms with Crippen molar-refractivity contribution in [3.8, 4) is 11.5 Å². The summed E-state index contributed by atoms with van der Waals surface area (Å²) in [5.41, 5.74) is 2.28. The van der Waals surface area contributed by atoms with Gasteiger partial charge in [0.2, 0.25) is 11.8 Å². The van der Waals surface area contributed by atoms with Crippen LogP contribution in [0.15, 0.2) is 72.8 Å². The second-order valence-electron chi connectivity index (χ2n) is 10.6. The molecule has 40 heavy (non-hydrogen) atoms. The van der Waals surface area contributed by atoms with Gasteiger partial charge in [-0.1, -0.05) is 73.9 Å². The van der Waals surface area contributed by atoms with Gasteiger partial charge in [-0.25, -0.2) is 4.39 Å². The number of benzene rings is 3. The molecular formula is C33H37FN2O4. The van der Waals surface area contributed by atoms with Crippen molar-refractivity contribution in [2.75, 3.05) is 13.2 Å². The van der Waals surface area contributed by atoms with E-state index < -0.39 is 11.9 Å². The summed E-state index contributed by atoms with van der Waals surface area (Å²) < 4.78 is 26.1. The maximum absolute atomic E-state index is 14.8. The molecule has 7 heteroatoms. The van der Waals surface area contributed by atoms with E-state index >= 15 is 0 Å². The molecule has 1 N–H and O–H groups in total. The van der Waals surface area contributed by atoms with Crippen molar-refractivity contribution in [3.05, 3.63) is 95.3 Å². The van der Waals surface area contributed by atoms with E-state index in [4.69, 9.17) is 9.47 Å². The first-order valence-corrected chi connectivity index (χ1v) is 14.3. The van der Waals surface area contributed by atoms with E-state index in [9.17, 15) is 14.0 Å². The topological polar surface area (TPSA) is 67.9 Å². The van der Waals surface area contributed by atoms with Crippen LogP contribution in [0.25, 0.3) is 0 Å². The molecule has 3 aromatic rings. The summed E-state index contributed by atoms with van der Waals surface area (Å²) in [7, 11) is 0. The highest BCUT2D eigenvalue weighted by molar-refractivity contribution is 5.88. The van der Waals surface area contributed by atoms with Gasteiger partial charge >= 0.3 is 0 Å². The standard InChI is InChI=1S/C33H37FN2O4/c34-28-14-8-7-11-26(28)23-36(32(37)18-16-25-15-17-30-31(22-25)40-20-19-39-30)29(21-24-9-3-1-4-10-24)33(38)35-27-12-5-2-6-13-27/h1,3-4,7-11,14-15,17,22,27,29H,2,5-6,12-13,16,18-21,23H2,(H,35,38). The molecule has 3 aromatic carbocycles. The van der Waals surface area contributed by atoms with Gasteiger partial charge in [0.25, 0.3) is 0 Å².